The molecule has 1 unspecified atom stereocenters. The fourth-order valence-electron chi connectivity index (χ4n) is 9.37. The third-order valence-corrected chi connectivity index (χ3v) is 12.7. The number of nitrogens with one attached hydrogen (secondary N) is 3. The fraction of sp³-hybridized carbons (Fsp3) is 0.0784. The lowest BCUT2D eigenvalue weighted by Crippen LogP contribution is -2.31. The van der Waals surface area contributed by atoms with Crippen LogP contribution in [-0.4, -0.2) is 21.7 Å². The standard InChI is InChI=1S/C51H20F20N4/c52-31-27(32(53)40(61)47(68)39(31)60)23-16-6-7-17(72-16)24(28-33(54)41(62)48(69)42(63)34(28)55)19-10-11-21(74-19)26(30-37(58)45(66)50(71)46(67)38(30)59)51-15(12-14-4-2-1-3-5-14)13-22(75-51)25(20-9-8-18(23)73-20)29-35(56)43(64)49(70)44(65)36(29)57/h1-11,15,22,73-75H,12-13H2/b23-18+,24-17+,25-20+,51-26+/t15-,22?/m0/s1. The number of aromatic amines is 2. The average molecular weight is 1070 g/mol. The Morgan fingerprint density at radius 2 is 0.787 bits per heavy atom. The normalized spacial score (nSPS) is 19.9. The topological polar surface area (TPSA) is 56.0 Å². The summed E-state index contributed by atoms with van der Waals surface area (Å²) >= 11 is 0. The number of fused-ring (bicyclic) bond motifs is 7. The molecule has 0 amide bonds. The molecule has 75 heavy (non-hydrogen) atoms. The molecule has 3 aliphatic heterocycles. The van der Waals surface area contributed by atoms with Gasteiger partial charge in [0.15, 0.2) is 93.1 Å². The van der Waals surface area contributed by atoms with Crippen LogP contribution in [0.2, 0.25) is 0 Å². The predicted octanol–water partition coefficient (Wildman–Crippen LogP) is 12.0. The first-order chi connectivity index (χ1) is 35.5. The van der Waals surface area contributed by atoms with Crippen molar-refractivity contribution in [2.75, 3.05) is 0 Å². The van der Waals surface area contributed by atoms with Crippen LogP contribution in [0.25, 0.3) is 22.3 Å². The van der Waals surface area contributed by atoms with Gasteiger partial charge in [0.05, 0.1) is 39.7 Å². The van der Waals surface area contributed by atoms with Gasteiger partial charge in [-0.2, -0.15) is 0 Å². The minimum atomic E-state index is -2.71. The van der Waals surface area contributed by atoms with Crippen LogP contribution in [0.3, 0.4) is 0 Å². The molecule has 3 N–H and O–H groups in total. The second-order valence-corrected chi connectivity index (χ2v) is 16.8. The first-order valence-electron chi connectivity index (χ1n) is 21.3. The molecule has 0 aliphatic carbocycles. The van der Waals surface area contributed by atoms with Gasteiger partial charge in [-0.3, -0.25) is 0 Å². The van der Waals surface area contributed by atoms with E-state index in [9.17, 15) is 17.6 Å². The van der Waals surface area contributed by atoms with E-state index in [-0.39, 0.29) is 0 Å². The quantitative estimate of drug-likeness (QED) is 0.0868. The highest BCUT2D eigenvalue weighted by Crippen LogP contribution is 2.45. The Labute approximate surface area is 404 Å². The second kappa shape index (κ2) is 18.3. The lowest BCUT2D eigenvalue weighted by Gasteiger charge is -2.21. The van der Waals surface area contributed by atoms with Gasteiger partial charge in [0.1, 0.15) is 0 Å². The van der Waals surface area contributed by atoms with Crippen LogP contribution in [0.1, 0.15) is 45.6 Å². The van der Waals surface area contributed by atoms with Crippen LogP contribution >= 0.6 is 0 Å². The van der Waals surface area contributed by atoms with Gasteiger partial charge in [-0.25, -0.2) is 92.8 Å². The predicted molar refractivity (Wildman–Crippen MR) is 225 cm³/mol. The van der Waals surface area contributed by atoms with Gasteiger partial charge in [-0.15, -0.1) is 0 Å². The van der Waals surface area contributed by atoms with Crippen LogP contribution in [-0.2, 0) is 6.42 Å². The minimum absolute atomic E-state index is 0.291. The summed E-state index contributed by atoms with van der Waals surface area (Å²) in [5.41, 5.74) is -16.1. The molecular formula is C51H20F20N4. The molecule has 8 bridgehead atoms. The molecule has 3 aliphatic rings. The monoisotopic (exact) mass is 1070 g/mol. The van der Waals surface area contributed by atoms with Gasteiger partial charge in [-0.05, 0) is 54.8 Å². The maximum absolute atomic E-state index is 16.4. The number of H-pyrrole nitrogens is 2. The van der Waals surface area contributed by atoms with Crippen molar-refractivity contribution in [3.63, 3.8) is 0 Å². The highest BCUT2D eigenvalue weighted by molar-refractivity contribution is 6.30. The third kappa shape index (κ3) is 7.65. The number of allylic oxidation sites excluding steroid dienone is 3. The Balaban J connectivity index is 1.44. The summed E-state index contributed by atoms with van der Waals surface area (Å²) in [6, 6.07) is 8.17. The van der Waals surface area contributed by atoms with Crippen LogP contribution in [0, 0.1) is 122 Å². The van der Waals surface area contributed by atoms with Gasteiger partial charge in [0, 0.05) is 56.0 Å². The number of hydrogen-bond donors (Lipinski definition) is 3. The summed E-state index contributed by atoms with van der Waals surface area (Å²) < 4.78 is 310. The zero-order valence-corrected chi connectivity index (χ0v) is 36.4. The van der Waals surface area contributed by atoms with E-state index in [1.165, 1.54) is 30.3 Å². The molecule has 0 spiro atoms. The Hall–Kier alpha value is -8.31. The Morgan fingerprint density at radius 1 is 0.387 bits per heavy atom. The fourth-order valence-corrected chi connectivity index (χ4v) is 9.37. The zero-order valence-electron chi connectivity index (χ0n) is 36.4. The minimum Gasteiger partial charge on any atom is -0.381 e. The molecule has 5 heterocycles. The van der Waals surface area contributed by atoms with E-state index < -0.39 is 225 Å². The number of nitrogens with zero attached hydrogens (tertiary/aromatic N) is 1. The molecule has 2 aromatic heterocycles. The lowest BCUT2D eigenvalue weighted by atomic mass is 9.87. The third-order valence-electron chi connectivity index (χ3n) is 12.7. The summed E-state index contributed by atoms with van der Waals surface area (Å²) in [6.45, 7) is 0. The van der Waals surface area contributed by atoms with E-state index in [0.29, 0.717) is 29.8 Å². The molecule has 0 saturated carbocycles. The van der Waals surface area contributed by atoms with E-state index >= 15 is 70.2 Å². The van der Waals surface area contributed by atoms with Crippen molar-refractivity contribution in [2.45, 2.75) is 18.9 Å². The summed E-state index contributed by atoms with van der Waals surface area (Å²) in [7, 11) is 0. The van der Waals surface area contributed by atoms with Crippen molar-refractivity contribution in [1.29, 1.82) is 0 Å². The number of aliphatic imine (C=N–C) groups is 1. The first-order valence-corrected chi connectivity index (χ1v) is 21.3. The average Bonchev–Trinajstić information content (AvgIpc) is 4.26. The highest BCUT2D eigenvalue weighted by atomic mass is 19.2. The summed E-state index contributed by atoms with van der Waals surface area (Å²) in [5.74, 6) is -53.5. The maximum Gasteiger partial charge on any atom is 0.200 e. The van der Waals surface area contributed by atoms with Gasteiger partial charge in [0.25, 0.3) is 0 Å². The smallest absolute Gasteiger partial charge is 0.200 e. The first kappa shape index (κ1) is 50.2. The molecular weight excluding hydrogens is 1050 g/mol. The largest absolute Gasteiger partial charge is 0.381 e. The molecule has 5 aromatic carbocycles. The number of rotatable bonds is 6. The van der Waals surface area contributed by atoms with Crippen molar-refractivity contribution in [3.05, 3.63) is 244 Å². The van der Waals surface area contributed by atoms with Crippen LogP contribution in [0.4, 0.5) is 87.8 Å². The van der Waals surface area contributed by atoms with Crippen molar-refractivity contribution in [2.24, 2.45) is 10.9 Å². The van der Waals surface area contributed by atoms with Crippen molar-refractivity contribution in [1.82, 2.24) is 15.3 Å². The molecule has 1 saturated heterocycles. The number of benzene rings is 5. The van der Waals surface area contributed by atoms with Crippen molar-refractivity contribution < 1.29 is 87.8 Å². The van der Waals surface area contributed by atoms with Gasteiger partial charge in [0.2, 0.25) is 23.3 Å². The van der Waals surface area contributed by atoms with E-state index in [0.717, 1.165) is 12.1 Å². The summed E-state index contributed by atoms with van der Waals surface area (Å²) in [4.78, 5) is 8.77. The highest BCUT2D eigenvalue weighted by Gasteiger charge is 2.42. The van der Waals surface area contributed by atoms with Crippen molar-refractivity contribution in [3.8, 4) is 0 Å². The zero-order chi connectivity index (χ0) is 54.0. The summed E-state index contributed by atoms with van der Waals surface area (Å²) in [5, 5.41) is 0.896. The van der Waals surface area contributed by atoms with Crippen LogP contribution < -0.4 is 16.0 Å². The number of halogens is 20. The van der Waals surface area contributed by atoms with E-state index in [2.05, 4.69) is 20.3 Å². The van der Waals surface area contributed by atoms with Crippen molar-refractivity contribution >= 4 is 28.0 Å². The van der Waals surface area contributed by atoms with Crippen LogP contribution in [0.5, 0.6) is 0 Å². The van der Waals surface area contributed by atoms with E-state index in [1.54, 1.807) is 0 Å². The SMILES string of the molecule is Fc1c(F)c(F)c(/C2=C3\C=CC(=N3)/C(c3c(F)c(F)c(F)c(F)c3F)=c3/cc/c([nH]3)=C(\c3c(F)c(F)c(F)c(F)c3F)C3C[C@H](Cc4ccccc4)/C(=C(\c4c(F)c(F)c(F)c(F)c4F)c4ccc2[nH]4)N3)c(F)c1F. The Morgan fingerprint density at radius 3 is 1.27 bits per heavy atom. The molecule has 7 aromatic rings. The maximum atomic E-state index is 16.4. The van der Waals surface area contributed by atoms with Gasteiger partial charge >= 0.3 is 0 Å². The van der Waals surface area contributed by atoms with Gasteiger partial charge in [-0.1, -0.05) is 30.3 Å². The molecule has 4 nitrogen and oxygen atoms in total. The molecule has 0 radical (unpaired) electrons. The lowest BCUT2D eigenvalue weighted by molar-refractivity contribution is 0.375. The number of hydrogen-bond acceptors (Lipinski definition) is 2. The molecule has 2 atom stereocenters. The molecule has 384 valence electrons. The van der Waals surface area contributed by atoms with E-state index in [1.807, 2.05) is 0 Å². The summed E-state index contributed by atoms with van der Waals surface area (Å²) in [6.07, 6.45) is 0.133. The van der Waals surface area contributed by atoms with Gasteiger partial charge < -0.3 is 15.3 Å². The molecule has 24 heteroatoms. The second-order valence-electron chi connectivity index (χ2n) is 16.8. The van der Waals surface area contributed by atoms with Crippen LogP contribution in [0.15, 0.2) is 83.1 Å². The Kier molecular flexibility index (Phi) is 12.2. The molecule has 1 fully saturated rings. The van der Waals surface area contributed by atoms with E-state index in [4.69, 9.17) is 0 Å². The molecule has 10 rings (SSSR count). The number of aromatic nitrogens is 2. The Bertz CT molecular complexity index is 3830.